The van der Waals surface area contributed by atoms with Crippen molar-refractivity contribution in [3.05, 3.63) is 0 Å². The SMILES string of the molecule is CC1(NS(=O)(=O)CCCNC(=O)OC(C)(C)C)CC1. The molecular formula is C12H24N2O4S. The highest BCUT2D eigenvalue weighted by atomic mass is 32.2. The smallest absolute Gasteiger partial charge is 0.407 e. The normalized spacial score (nSPS) is 17.9. The molecule has 1 aliphatic rings. The summed E-state index contributed by atoms with van der Waals surface area (Å²) in [5, 5.41) is 2.54. The van der Waals surface area contributed by atoms with Gasteiger partial charge in [-0.25, -0.2) is 17.9 Å². The van der Waals surface area contributed by atoms with E-state index < -0.39 is 21.7 Å². The molecule has 7 heteroatoms. The van der Waals surface area contributed by atoms with Gasteiger partial charge in [0.15, 0.2) is 0 Å². The summed E-state index contributed by atoms with van der Waals surface area (Å²) >= 11 is 0. The van der Waals surface area contributed by atoms with Gasteiger partial charge in [-0.05, 0) is 47.0 Å². The van der Waals surface area contributed by atoms with Crippen molar-refractivity contribution in [1.29, 1.82) is 0 Å². The topological polar surface area (TPSA) is 84.5 Å². The first-order valence-corrected chi connectivity index (χ1v) is 8.15. The second-order valence-electron chi connectivity index (χ2n) is 6.26. The van der Waals surface area contributed by atoms with Crippen LogP contribution in [-0.2, 0) is 14.8 Å². The molecule has 1 saturated carbocycles. The Morgan fingerprint density at radius 1 is 1.32 bits per heavy atom. The standard InChI is InChI=1S/C12H24N2O4S/c1-11(2,3)18-10(15)13-8-5-9-19(16,17)14-12(4)6-7-12/h14H,5-9H2,1-4H3,(H,13,15). The maximum absolute atomic E-state index is 11.7. The summed E-state index contributed by atoms with van der Waals surface area (Å²) in [6.07, 6.45) is 1.63. The van der Waals surface area contributed by atoms with E-state index in [-0.39, 0.29) is 17.8 Å². The molecule has 0 saturated heterocycles. The molecular weight excluding hydrogens is 268 g/mol. The zero-order valence-corrected chi connectivity index (χ0v) is 12.9. The van der Waals surface area contributed by atoms with E-state index in [1.165, 1.54) is 0 Å². The molecule has 1 aliphatic carbocycles. The van der Waals surface area contributed by atoms with Crippen molar-refractivity contribution in [2.75, 3.05) is 12.3 Å². The minimum absolute atomic E-state index is 0.0123. The molecule has 0 bridgehead atoms. The van der Waals surface area contributed by atoms with Crippen molar-refractivity contribution in [1.82, 2.24) is 10.0 Å². The Hall–Kier alpha value is -0.820. The highest BCUT2D eigenvalue weighted by molar-refractivity contribution is 7.89. The summed E-state index contributed by atoms with van der Waals surface area (Å²) in [7, 11) is -3.25. The van der Waals surface area contributed by atoms with Crippen LogP contribution < -0.4 is 10.0 Å². The van der Waals surface area contributed by atoms with E-state index >= 15 is 0 Å². The lowest BCUT2D eigenvalue weighted by Gasteiger charge is -2.19. The van der Waals surface area contributed by atoms with Gasteiger partial charge >= 0.3 is 6.09 Å². The Morgan fingerprint density at radius 2 is 1.89 bits per heavy atom. The van der Waals surface area contributed by atoms with E-state index in [4.69, 9.17) is 4.74 Å². The molecule has 19 heavy (non-hydrogen) atoms. The van der Waals surface area contributed by atoms with Crippen LogP contribution in [0.5, 0.6) is 0 Å². The highest BCUT2D eigenvalue weighted by Crippen LogP contribution is 2.35. The summed E-state index contributed by atoms with van der Waals surface area (Å²) < 4.78 is 31.1. The third kappa shape index (κ3) is 7.37. The van der Waals surface area contributed by atoms with Gasteiger partial charge in [-0.3, -0.25) is 0 Å². The Bertz CT molecular complexity index is 422. The fourth-order valence-electron chi connectivity index (χ4n) is 1.48. The quantitative estimate of drug-likeness (QED) is 0.724. The Kier molecular flexibility index (Phi) is 4.84. The lowest BCUT2D eigenvalue weighted by molar-refractivity contribution is 0.0528. The molecule has 0 spiro atoms. The summed E-state index contributed by atoms with van der Waals surface area (Å²) in [6.45, 7) is 7.50. The monoisotopic (exact) mass is 292 g/mol. The third-order valence-electron chi connectivity index (χ3n) is 2.66. The zero-order chi connectivity index (χ0) is 14.7. The summed E-state index contributed by atoms with van der Waals surface area (Å²) in [6, 6.07) is 0. The van der Waals surface area contributed by atoms with Gasteiger partial charge in [-0.1, -0.05) is 0 Å². The van der Waals surface area contributed by atoms with Gasteiger partial charge in [-0.2, -0.15) is 0 Å². The van der Waals surface area contributed by atoms with Crippen molar-refractivity contribution in [3.8, 4) is 0 Å². The molecule has 1 fully saturated rings. The van der Waals surface area contributed by atoms with Gasteiger partial charge in [-0.15, -0.1) is 0 Å². The van der Waals surface area contributed by atoms with E-state index in [1.807, 2.05) is 6.92 Å². The van der Waals surface area contributed by atoms with Crippen molar-refractivity contribution in [3.63, 3.8) is 0 Å². The predicted octanol–water partition coefficient (Wildman–Crippen LogP) is 1.37. The number of rotatable bonds is 6. The van der Waals surface area contributed by atoms with Crippen molar-refractivity contribution in [2.45, 2.75) is 58.1 Å². The van der Waals surface area contributed by atoms with Crippen LogP contribution in [0.15, 0.2) is 0 Å². The first-order chi connectivity index (χ1) is 8.52. The average Bonchev–Trinajstić information content (AvgIpc) is 2.87. The molecule has 2 N–H and O–H groups in total. The number of amides is 1. The molecule has 0 atom stereocenters. The fraction of sp³-hybridized carbons (Fsp3) is 0.917. The lowest BCUT2D eigenvalue weighted by atomic mass is 10.2. The maximum Gasteiger partial charge on any atom is 0.407 e. The van der Waals surface area contributed by atoms with Crippen molar-refractivity contribution in [2.24, 2.45) is 0 Å². The van der Waals surface area contributed by atoms with Crippen LogP contribution in [0.3, 0.4) is 0 Å². The van der Waals surface area contributed by atoms with Gasteiger partial charge in [0.05, 0.1) is 5.75 Å². The van der Waals surface area contributed by atoms with Gasteiger partial charge in [0.2, 0.25) is 10.0 Å². The van der Waals surface area contributed by atoms with Crippen LogP contribution in [0.2, 0.25) is 0 Å². The largest absolute Gasteiger partial charge is 0.444 e. The summed E-state index contributed by atoms with van der Waals surface area (Å²) in [5.41, 5.74) is -0.782. The number of hydrogen-bond acceptors (Lipinski definition) is 4. The number of ether oxygens (including phenoxy) is 1. The molecule has 0 aromatic heterocycles. The number of carbonyl (C=O) groups is 1. The maximum atomic E-state index is 11.7. The second kappa shape index (κ2) is 5.66. The molecule has 6 nitrogen and oxygen atoms in total. The van der Waals surface area contributed by atoms with Crippen molar-refractivity contribution >= 4 is 16.1 Å². The number of hydrogen-bond donors (Lipinski definition) is 2. The van der Waals surface area contributed by atoms with E-state index in [9.17, 15) is 13.2 Å². The summed E-state index contributed by atoms with van der Waals surface area (Å²) in [4.78, 5) is 11.3. The summed E-state index contributed by atoms with van der Waals surface area (Å²) in [5.74, 6) is 0.0123. The predicted molar refractivity (Wildman–Crippen MR) is 73.4 cm³/mol. The molecule has 0 unspecified atom stereocenters. The Morgan fingerprint density at radius 3 is 2.37 bits per heavy atom. The number of alkyl carbamates (subject to hydrolysis) is 1. The first kappa shape index (κ1) is 16.2. The zero-order valence-electron chi connectivity index (χ0n) is 12.1. The van der Waals surface area contributed by atoms with Gasteiger partial charge < -0.3 is 10.1 Å². The fourth-order valence-corrected chi connectivity index (χ4v) is 3.06. The number of carbonyl (C=O) groups excluding carboxylic acids is 1. The molecule has 0 radical (unpaired) electrons. The lowest BCUT2D eigenvalue weighted by Crippen LogP contribution is -2.37. The molecule has 0 aromatic carbocycles. The van der Waals surface area contributed by atoms with E-state index in [0.717, 1.165) is 12.8 Å². The van der Waals surface area contributed by atoms with Crippen LogP contribution >= 0.6 is 0 Å². The van der Waals surface area contributed by atoms with Crippen LogP contribution in [0.4, 0.5) is 4.79 Å². The second-order valence-corrected chi connectivity index (χ2v) is 8.11. The molecule has 0 aromatic rings. The number of nitrogens with one attached hydrogen (secondary N) is 2. The third-order valence-corrected chi connectivity index (χ3v) is 4.29. The number of sulfonamides is 1. The minimum atomic E-state index is -3.25. The molecule has 112 valence electrons. The van der Waals surface area contributed by atoms with Crippen LogP contribution in [0.25, 0.3) is 0 Å². The van der Waals surface area contributed by atoms with E-state index in [0.29, 0.717) is 6.42 Å². The molecule has 1 amide bonds. The molecule has 0 aliphatic heterocycles. The average molecular weight is 292 g/mol. The Balaban J connectivity index is 2.18. The van der Waals surface area contributed by atoms with E-state index in [2.05, 4.69) is 10.0 Å². The van der Waals surface area contributed by atoms with Crippen LogP contribution in [-0.4, -0.2) is 37.9 Å². The first-order valence-electron chi connectivity index (χ1n) is 6.50. The highest BCUT2D eigenvalue weighted by Gasteiger charge is 2.40. The minimum Gasteiger partial charge on any atom is -0.444 e. The van der Waals surface area contributed by atoms with Gasteiger partial charge in [0, 0.05) is 12.1 Å². The van der Waals surface area contributed by atoms with E-state index in [1.54, 1.807) is 20.8 Å². The van der Waals surface area contributed by atoms with Crippen molar-refractivity contribution < 1.29 is 17.9 Å². The van der Waals surface area contributed by atoms with Crippen LogP contribution in [0, 0.1) is 0 Å². The molecule has 0 heterocycles. The Labute approximate surface area is 115 Å². The van der Waals surface area contributed by atoms with Gasteiger partial charge in [0.1, 0.15) is 5.60 Å². The van der Waals surface area contributed by atoms with Crippen LogP contribution in [0.1, 0.15) is 47.0 Å². The molecule has 1 rings (SSSR count). The van der Waals surface area contributed by atoms with Gasteiger partial charge in [0.25, 0.3) is 0 Å².